The molecule has 0 aromatic rings. The van der Waals surface area contributed by atoms with Crippen molar-refractivity contribution in [3.8, 4) is 0 Å². The van der Waals surface area contributed by atoms with E-state index in [1.165, 1.54) is 0 Å². The monoisotopic (exact) mass is 388 g/mol. The molecular formula is C19H32O8. The maximum Gasteiger partial charge on any atom is 0.184 e. The molecule has 0 aromatic carbocycles. The van der Waals surface area contributed by atoms with Gasteiger partial charge in [0.25, 0.3) is 0 Å². The van der Waals surface area contributed by atoms with E-state index >= 15 is 0 Å². The second-order valence-corrected chi connectivity index (χ2v) is 8.24. The van der Waals surface area contributed by atoms with Crippen LogP contribution in [0.3, 0.4) is 0 Å². The predicted octanol–water partition coefficient (Wildman–Crippen LogP) is 1.04. The summed E-state index contributed by atoms with van der Waals surface area (Å²) >= 11 is 0. The lowest BCUT2D eigenvalue weighted by atomic mass is 9.86. The third-order valence-corrected chi connectivity index (χ3v) is 6.25. The molecule has 4 fully saturated rings. The Bertz CT molecular complexity index is 516. The van der Waals surface area contributed by atoms with Gasteiger partial charge in [-0.1, -0.05) is 13.8 Å². The number of hydrogen-bond donors (Lipinski definition) is 1. The minimum absolute atomic E-state index is 0.0767. The minimum Gasteiger partial charge on any atom is -0.387 e. The molecule has 4 aliphatic heterocycles. The van der Waals surface area contributed by atoms with Crippen LogP contribution in [0.2, 0.25) is 0 Å². The smallest absolute Gasteiger partial charge is 0.184 e. The van der Waals surface area contributed by atoms with Gasteiger partial charge in [-0.3, -0.25) is 0 Å². The van der Waals surface area contributed by atoms with E-state index in [0.717, 1.165) is 0 Å². The van der Waals surface area contributed by atoms with Crippen LogP contribution in [-0.4, -0.2) is 79.9 Å². The van der Waals surface area contributed by atoms with Crippen LogP contribution in [0, 0.1) is 11.8 Å². The second-order valence-electron chi connectivity index (χ2n) is 8.24. The van der Waals surface area contributed by atoms with E-state index in [4.69, 9.17) is 33.2 Å². The van der Waals surface area contributed by atoms with E-state index in [1.807, 2.05) is 27.7 Å². The molecule has 0 radical (unpaired) electrons. The highest BCUT2D eigenvalue weighted by Crippen LogP contribution is 2.37. The lowest BCUT2D eigenvalue weighted by Gasteiger charge is -2.51. The molecule has 27 heavy (non-hydrogen) atoms. The van der Waals surface area contributed by atoms with Gasteiger partial charge in [0.15, 0.2) is 18.9 Å². The second kappa shape index (κ2) is 7.84. The Morgan fingerprint density at radius 3 is 1.93 bits per heavy atom. The number of ether oxygens (including phenoxy) is 7. The molecule has 8 nitrogen and oxygen atoms in total. The van der Waals surface area contributed by atoms with Gasteiger partial charge in [-0.05, 0) is 20.8 Å². The van der Waals surface area contributed by atoms with Crippen LogP contribution in [0.1, 0.15) is 34.6 Å². The highest BCUT2D eigenvalue weighted by atomic mass is 16.8. The Labute approximate surface area is 160 Å². The van der Waals surface area contributed by atoms with E-state index in [0.29, 0.717) is 13.2 Å². The Morgan fingerprint density at radius 2 is 1.30 bits per heavy atom. The van der Waals surface area contributed by atoms with Crippen LogP contribution in [0.15, 0.2) is 0 Å². The lowest BCUT2D eigenvalue weighted by molar-refractivity contribution is -0.372. The van der Waals surface area contributed by atoms with Crippen LogP contribution >= 0.6 is 0 Å². The Morgan fingerprint density at radius 1 is 0.741 bits per heavy atom. The van der Waals surface area contributed by atoms with Crippen LogP contribution in [-0.2, 0) is 33.2 Å². The Hall–Kier alpha value is -0.320. The Balaban J connectivity index is 1.44. The molecule has 0 bridgehead atoms. The summed E-state index contributed by atoms with van der Waals surface area (Å²) in [7, 11) is 0. The van der Waals surface area contributed by atoms with Crippen molar-refractivity contribution in [2.45, 2.75) is 96.2 Å². The number of aliphatic hydroxyl groups excluding tert-OH is 1. The number of aliphatic hydroxyl groups is 1. The third kappa shape index (κ3) is 3.79. The summed E-state index contributed by atoms with van der Waals surface area (Å²) in [5, 5.41) is 10.8. The van der Waals surface area contributed by atoms with Crippen molar-refractivity contribution in [2.75, 3.05) is 13.2 Å². The van der Waals surface area contributed by atoms with Gasteiger partial charge in [-0.2, -0.15) is 0 Å². The molecule has 4 saturated heterocycles. The first-order valence-corrected chi connectivity index (χ1v) is 10.0. The topological polar surface area (TPSA) is 84.8 Å². The zero-order valence-electron chi connectivity index (χ0n) is 16.6. The SMILES string of the molecule is CC1OCC2O[C@@H](OC3[C@@H](C)[C@@H]4OC(C)OCC4O[C@@H]3C)C(O)[C@@H](C)[C@@H]2O1. The molecule has 4 heterocycles. The van der Waals surface area contributed by atoms with Crippen molar-refractivity contribution in [2.24, 2.45) is 11.8 Å². The van der Waals surface area contributed by atoms with Gasteiger partial charge in [0, 0.05) is 11.8 Å². The number of fused-ring (bicyclic) bond motifs is 2. The molecule has 0 aliphatic carbocycles. The van der Waals surface area contributed by atoms with E-state index in [2.05, 4.69) is 6.92 Å². The van der Waals surface area contributed by atoms with Crippen LogP contribution in [0.4, 0.5) is 0 Å². The first-order valence-electron chi connectivity index (χ1n) is 10.0. The highest BCUT2D eigenvalue weighted by Gasteiger charge is 2.51. The normalized spacial score (nSPS) is 56.2. The summed E-state index contributed by atoms with van der Waals surface area (Å²) in [4.78, 5) is 0. The third-order valence-electron chi connectivity index (χ3n) is 6.25. The molecule has 1 N–H and O–H groups in total. The van der Waals surface area contributed by atoms with Gasteiger partial charge >= 0.3 is 0 Å². The molecule has 12 atom stereocenters. The van der Waals surface area contributed by atoms with Gasteiger partial charge < -0.3 is 38.3 Å². The first-order chi connectivity index (χ1) is 12.8. The molecule has 4 rings (SSSR count). The molecular weight excluding hydrogens is 356 g/mol. The van der Waals surface area contributed by atoms with Gasteiger partial charge in [0.1, 0.15) is 18.3 Å². The average molecular weight is 388 g/mol. The zero-order chi connectivity index (χ0) is 19.3. The quantitative estimate of drug-likeness (QED) is 0.751. The molecule has 0 saturated carbocycles. The summed E-state index contributed by atoms with van der Waals surface area (Å²) in [5.74, 6) is -0.0462. The van der Waals surface area contributed by atoms with Gasteiger partial charge in [0.05, 0.1) is 37.6 Å². The fraction of sp³-hybridized carbons (Fsp3) is 1.00. The minimum atomic E-state index is -0.789. The fourth-order valence-corrected chi connectivity index (χ4v) is 4.67. The van der Waals surface area contributed by atoms with E-state index in [9.17, 15) is 5.11 Å². The van der Waals surface area contributed by atoms with E-state index < -0.39 is 12.4 Å². The Kier molecular flexibility index (Phi) is 5.80. The largest absolute Gasteiger partial charge is 0.387 e. The van der Waals surface area contributed by atoms with Crippen molar-refractivity contribution in [1.82, 2.24) is 0 Å². The van der Waals surface area contributed by atoms with Crippen molar-refractivity contribution < 1.29 is 38.3 Å². The fourth-order valence-electron chi connectivity index (χ4n) is 4.67. The van der Waals surface area contributed by atoms with Crippen molar-refractivity contribution >= 4 is 0 Å². The van der Waals surface area contributed by atoms with E-state index in [1.54, 1.807) is 0 Å². The van der Waals surface area contributed by atoms with E-state index in [-0.39, 0.29) is 61.0 Å². The summed E-state index contributed by atoms with van der Waals surface area (Å²) in [5.41, 5.74) is 0. The summed E-state index contributed by atoms with van der Waals surface area (Å²) in [6.07, 6.45) is -3.19. The summed E-state index contributed by atoms with van der Waals surface area (Å²) < 4.78 is 41.2. The number of rotatable bonds is 2. The molecule has 8 heteroatoms. The highest BCUT2D eigenvalue weighted by molar-refractivity contribution is 4.94. The molecule has 6 unspecified atom stereocenters. The first kappa shape index (κ1) is 20.0. The lowest BCUT2D eigenvalue weighted by Crippen LogP contribution is -2.63. The van der Waals surface area contributed by atoms with Gasteiger partial charge in [0.2, 0.25) is 0 Å². The van der Waals surface area contributed by atoms with Gasteiger partial charge in [-0.25, -0.2) is 0 Å². The van der Waals surface area contributed by atoms with Crippen molar-refractivity contribution in [3.63, 3.8) is 0 Å². The maximum absolute atomic E-state index is 10.8. The summed E-state index contributed by atoms with van der Waals surface area (Å²) in [6.45, 7) is 10.7. The maximum atomic E-state index is 10.8. The summed E-state index contributed by atoms with van der Waals surface area (Å²) in [6, 6.07) is 0. The average Bonchev–Trinajstić information content (AvgIpc) is 2.64. The number of hydrogen-bond acceptors (Lipinski definition) is 8. The van der Waals surface area contributed by atoms with Crippen LogP contribution in [0.5, 0.6) is 0 Å². The van der Waals surface area contributed by atoms with Crippen LogP contribution < -0.4 is 0 Å². The molecule has 156 valence electrons. The molecule has 0 spiro atoms. The molecule has 4 aliphatic rings. The van der Waals surface area contributed by atoms with Crippen molar-refractivity contribution in [1.29, 1.82) is 0 Å². The predicted molar refractivity (Wildman–Crippen MR) is 92.8 cm³/mol. The molecule has 0 amide bonds. The van der Waals surface area contributed by atoms with Crippen molar-refractivity contribution in [3.05, 3.63) is 0 Å². The standard InChI is InChI=1S/C19H32O8/c1-8-15(20)19(26-14-7-22-11(4)24-17(8)14)27-16-9(2)18-13(23-10(16)3)6-21-12(5)25-18/h8-20H,6-7H2,1-5H3/t8-,9-,10-,11?,12?,13?,14?,15?,16?,17+,18+,19+/m1/s1. The zero-order valence-corrected chi connectivity index (χ0v) is 16.6. The van der Waals surface area contributed by atoms with Gasteiger partial charge in [-0.15, -0.1) is 0 Å². The van der Waals surface area contributed by atoms with Crippen LogP contribution in [0.25, 0.3) is 0 Å². The molecule has 0 aromatic heterocycles.